The highest BCUT2D eigenvalue weighted by molar-refractivity contribution is 5.85. The van der Waals surface area contributed by atoms with Crippen molar-refractivity contribution in [1.82, 2.24) is 24.8 Å². The second-order valence-corrected chi connectivity index (χ2v) is 8.89. The summed E-state index contributed by atoms with van der Waals surface area (Å²) in [6.45, 7) is 6.91. The molecule has 2 atom stereocenters. The third kappa shape index (κ3) is 4.14. The van der Waals surface area contributed by atoms with E-state index in [4.69, 9.17) is 4.74 Å². The van der Waals surface area contributed by atoms with Gasteiger partial charge in [-0.1, -0.05) is 6.07 Å². The van der Waals surface area contributed by atoms with Crippen LogP contribution in [0.15, 0.2) is 43.0 Å². The van der Waals surface area contributed by atoms with E-state index < -0.39 is 0 Å². The van der Waals surface area contributed by atoms with Crippen LogP contribution in [-0.2, 0) is 16.1 Å². The molecular formula is C23H30N6O2. The van der Waals surface area contributed by atoms with Gasteiger partial charge in [0.2, 0.25) is 11.9 Å². The van der Waals surface area contributed by atoms with Crippen molar-refractivity contribution in [3.8, 4) is 0 Å². The molecule has 3 fully saturated rings. The van der Waals surface area contributed by atoms with Gasteiger partial charge in [0, 0.05) is 70.0 Å². The van der Waals surface area contributed by atoms with Crippen LogP contribution in [0.4, 0.5) is 5.95 Å². The van der Waals surface area contributed by atoms with Crippen LogP contribution in [0.2, 0.25) is 0 Å². The summed E-state index contributed by atoms with van der Waals surface area (Å²) in [4.78, 5) is 33.9. The van der Waals surface area contributed by atoms with Gasteiger partial charge in [0.05, 0.1) is 18.6 Å². The molecule has 3 saturated heterocycles. The van der Waals surface area contributed by atoms with Crippen molar-refractivity contribution < 1.29 is 9.53 Å². The maximum absolute atomic E-state index is 13.9. The molecule has 1 amide bonds. The molecule has 3 aliphatic heterocycles. The highest BCUT2D eigenvalue weighted by Crippen LogP contribution is 2.45. The number of likely N-dealkylation sites (tertiary alicyclic amines) is 1. The van der Waals surface area contributed by atoms with E-state index in [2.05, 4.69) is 30.8 Å². The van der Waals surface area contributed by atoms with E-state index in [0.717, 1.165) is 45.0 Å². The Morgan fingerprint density at radius 3 is 2.71 bits per heavy atom. The van der Waals surface area contributed by atoms with Crippen molar-refractivity contribution in [2.75, 3.05) is 57.4 Å². The Morgan fingerprint density at radius 2 is 1.94 bits per heavy atom. The van der Waals surface area contributed by atoms with Gasteiger partial charge < -0.3 is 14.5 Å². The topological polar surface area (TPSA) is 74.7 Å². The van der Waals surface area contributed by atoms with E-state index >= 15 is 0 Å². The predicted octanol–water partition coefficient (Wildman–Crippen LogP) is 1.45. The smallest absolute Gasteiger partial charge is 0.231 e. The molecule has 0 radical (unpaired) electrons. The molecule has 0 bridgehead atoms. The predicted molar refractivity (Wildman–Crippen MR) is 116 cm³/mol. The van der Waals surface area contributed by atoms with Gasteiger partial charge in [-0.05, 0) is 37.1 Å². The quantitative estimate of drug-likeness (QED) is 0.738. The molecule has 0 aromatic carbocycles. The zero-order valence-corrected chi connectivity index (χ0v) is 17.9. The molecule has 0 unspecified atom stereocenters. The summed E-state index contributed by atoms with van der Waals surface area (Å²) in [6.07, 6.45) is 9.23. The summed E-state index contributed by atoms with van der Waals surface area (Å²) < 4.78 is 5.51. The summed E-state index contributed by atoms with van der Waals surface area (Å²) >= 11 is 0. The van der Waals surface area contributed by atoms with Gasteiger partial charge in [-0.3, -0.25) is 14.7 Å². The number of morpholine rings is 1. The van der Waals surface area contributed by atoms with Crippen LogP contribution in [0.5, 0.6) is 0 Å². The number of fused-ring (bicyclic) bond motifs is 1. The number of amides is 1. The number of hydrogen-bond acceptors (Lipinski definition) is 7. The molecule has 8 nitrogen and oxygen atoms in total. The Morgan fingerprint density at radius 1 is 1.10 bits per heavy atom. The number of hydrogen-bond donors (Lipinski definition) is 0. The monoisotopic (exact) mass is 422 g/mol. The van der Waals surface area contributed by atoms with Crippen LogP contribution in [0.1, 0.15) is 18.4 Å². The molecular weight excluding hydrogens is 392 g/mol. The number of nitrogens with zero attached hydrogens (tertiary/aromatic N) is 6. The zero-order valence-electron chi connectivity index (χ0n) is 17.9. The van der Waals surface area contributed by atoms with E-state index in [-0.39, 0.29) is 11.3 Å². The fraction of sp³-hybridized carbons (Fsp3) is 0.565. The maximum atomic E-state index is 13.9. The Balaban J connectivity index is 1.41. The molecule has 2 aromatic rings. The number of anilines is 1. The minimum atomic E-state index is -0.389. The second kappa shape index (κ2) is 8.88. The van der Waals surface area contributed by atoms with Crippen molar-refractivity contribution >= 4 is 11.9 Å². The first-order chi connectivity index (χ1) is 15.2. The Kier molecular flexibility index (Phi) is 5.82. The lowest BCUT2D eigenvalue weighted by Gasteiger charge is -2.38. The Hall–Kier alpha value is -2.58. The number of ether oxygens (including phenoxy) is 1. The minimum Gasteiger partial charge on any atom is -0.378 e. The standard InChI is InChI=1S/C23H30N6O2/c30-21(28-10-12-31-13-11-28)23-5-2-9-27(15-19-4-1-6-24-14-19)16-20(23)17-29(18-23)22-25-7-3-8-26-22/h1,3-4,6-8,14,20H,2,5,9-13,15-18H2/t20-,23-/m0/s1. The first kappa shape index (κ1) is 20.3. The van der Waals surface area contributed by atoms with Crippen LogP contribution in [0.3, 0.4) is 0 Å². The second-order valence-electron chi connectivity index (χ2n) is 8.89. The fourth-order valence-corrected chi connectivity index (χ4v) is 5.44. The third-order valence-electron chi connectivity index (χ3n) is 6.96. The summed E-state index contributed by atoms with van der Waals surface area (Å²) in [6, 6.07) is 5.95. The van der Waals surface area contributed by atoms with E-state index in [1.807, 2.05) is 29.4 Å². The molecule has 31 heavy (non-hydrogen) atoms. The molecule has 3 aliphatic rings. The molecule has 2 aromatic heterocycles. The first-order valence-electron chi connectivity index (χ1n) is 11.2. The van der Waals surface area contributed by atoms with Crippen molar-refractivity contribution in [3.63, 3.8) is 0 Å². The normalized spacial score (nSPS) is 27.0. The molecule has 0 saturated carbocycles. The number of aromatic nitrogens is 3. The maximum Gasteiger partial charge on any atom is 0.231 e. The lowest BCUT2D eigenvalue weighted by molar-refractivity contribution is -0.148. The van der Waals surface area contributed by atoms with Crippen molar-refractivity contribution in [3.05, 3.63) is 48.5 Å². The van der Waals surface area contributed by atoms with Gasteiger partial charge in [0.25, 0.3) is 0 Å². The first-order valence-corrected chi connectivity index (χ1v) is 11.2. The molecule has 0 aliphatic carbocycles. The SMILES string of the molecule is O=C(N1CCOCC1)[C@]12CCCN(Cc3cccnc3)C[C@H]1CN(c1ncccn1)C2. The largest absolute Gasteiger partial charge is 0.378 e. The molecule has 5 heterocycles. The number of carbonyl (C=O) groups excluding carboxylic acids is 1. The number of carbonyl (C=O) groups is 1. The highest BCUT2D eigenvalue weighted by atomic mass is 16.5. The zero-order chi connectivity index (χ0) is 21.1. The molecule has 164 valence electrons. The average Bonchev–Trinajstić information content (AvgIpc) is 3.10. The van der Waals surface area contributed by atoms with E-state index in [1.54, 1.807) is 12.4 Å². The van der Waals surface area contributed by atoms with Crippen molar-refractivity contribution in [2.45, 2.75) is 19.4 Å². The molecule has 5 rings (SSSR count). The van der Waals surface area contributed by atoms with E-state index in [0.29, 0.717) is 38.8 Å². The minimum absolute atomic E-state index is 0.242. The number of pyridine rings is 1. The summed E-state index contributed by atoms with van der Waals surface area (Å²) in [7, 11) is 0. The van der Waals surface area contributed by atoms with Crippen LogP contribution in [0, 0.1) is 11.3 Å². The van der Waals surface area contributed by atoms with Crippen LogP contribution < -0.4 is 4.90 Å². The fourth-order valence-electron chi connectivity index (χ4n) is 5.44. The van der Waals surface area contributed by atoms with Crippen molar-refractivity contribution in [1.29, 1.82) is 0 Å². The summed E-state index contributed by atoms with van der Waals surface area (Å²) in [5.41, 5.74) is 0.830. The van der Waals surface area contributed by atoms with Gasteiger partial charge in [-0.15, -0.1) is 0 Å². The molecule has 8 heteroatoms. The Bertz CT molecular complexity index is 876. The van der Waals surface area contributed by atoms with E-state index in [9.17, 15) is 4.79 Å². The van der Waals surface area contributed by atoms with E-state index in [1.165, 1.54) is 5.56 Å². The van der Waals surface area contributed by atoms with Gasteiger partial charge in [-0.2, -0.15) is 0 Å². The summed E-state index contributed by atoms with van der Waals surface area (Å²) in [5, 5.41) is 0. The van der Waals surface area contributed by atoms with Crippen molar-refractivity contribution in [2.24, 2.45) is 11.3 Å². The Labute approximate surface area is 183 Å². The van der Waals surface area contributed by atoms with Gasteiger partial charge in [0.1, 0.15) is 0 Å². The van der Waals surface area contributed by atoms with Crippen LogP contribution >= 0.6 is 0 Å². The third-order valence-corrected chi connectivity index (χ3v) is 6.96. The molecule has 0 N–H and O–H groups in total. The molecule has 0 spiro atoms. The lowest BCUT2D eigenvalue weighted by atomic mass is 9.73. The highest BCUT2D eigenvalue weighted by Gasteiger charge is 2.54. The lowest BCUT2D eigenvalue weighted by Crippen LogP contribution is -2.52. The van der Waals surface area contributed by atoms with Crippen LogP contribution in [-0.4, -0.2) is 83.1 Å². The van der Waals surface area contributed by atoms with Gasteiger partial charge in [-0.25, -0.2) is 9.97 Å². The number of rotatable bonds is 4. The summed E-state index contributed by atoms with van der Waals surface area (Å²) in [5.74, 6) is 1.26. The van der Waals surface area contributed by atoms with Gasteiger partial charge >= 0.3 is 0 Å². The van der Waals surface area contributed by atoms with Gasteiger partial charge in [0.15, 0.2) is 0 Å². The average molecular weight is 423 g/mol. The van der Waals surface area contributed by atoms with Crippen LogP contribution in [0.25, 0.3) is 0 Å².